The van der Waals surface area contributed by atoms with Crippen LogP contribution in [0.15, 0.2) is 42.5 Å². The molecule has 2 aromatic carbocycles. The van der Waals surface area contributed by atoms with Gasteiger partial charge in [0.15, 0.2) is 6.10 Å². The fourth-order valence-corrected chi connectivity index (χ4v) is 3.39. The Morgan fingerprint density at radius 2 is 1.79 bits per heavy atom. The van der Waals surface area contributed by atoms with Crippen molar-refractivity contribution in [2.24, 2.45) is 11.7 Å². The molecule has 1 heterocycles. The molecule has 3 rings (SSSR count). The number of esters is 1. The first-order chi connectivity index (χ1) is 15.7. The summed E-state index contributed by atoms with van der Waals surface area (Å²) in [5, 5.41) is 2.60. The molecule has 2 aromatic rings. The molecule has 1 saturated heterocycles. The number of nitrogens with zero attached hydrogens (tertiary/aromatic N) is 1. The summed E-state index contributed by atoms with van der Waals surface area (Å²) in [4.78, 5) is 50.2. The van der Waals surface area contributed by atoms with E-state index in [4.69, 9.17) is 19.9 Å². The molecule has 3 amide bonds. The number of amides is 3. The van der Waals surface area contributed by atoms with E-state index in [9.17, 15) is 19.2 Å². The monoisotopic (exact) mass is 455 g/mol. The third-order valence-electron chi connectivity index (χ3n) is 5.24. The van der Waals surface area contributed by atoms with Gasteiger partial charge in [-0.05, 0) is 43.3 Å². The van der Waals surface area contributed by atoms with Gasteiger partial charge < -0.3 is 30.2 Å². The van der Waals surface area contributed by atoms with Gasteiger partial charge in [0, 0.05) is 30.3 Å². The number of methoxy groups -OCH3 is 2. The lowest BCUT2D eigenvalue weighted by atomic mass is 10.1. The summed E-state index contributed by atoms with van der Waals surface area (Å²) in [6.45, 7) is 1.54. The maximum atomic E-state index is 12.6. The molecule has 33 heavy (non-hydrogen) atoms. The molecule has 3 N–H and O–H groups in total. The smallest absolute Gasteiger partial charge is 0.312 e. The molecule has 0 radical (unpaired) electrons. The molecule has 2 atom stereocenters. The Labute approximate surface area is 190 Å². The first-order valence-electron chi connectivity index (χ1n) is 10.2. The molecule has 0 spiro atoms. The molecule has 0 saturated carbocycles. The summed E-state index contributed by atoms with van der Waals surface area (Å²) in [7, 11) is 3.00. The van der Waals surface area contributed by atoms with E-state index in [2.05, 4.69) is 5.32 Å². The van der Waals surface area contributed by atoms with Crippen LogP contribution in [0.4, 0.5) is 11.4 Å². The van der Waals surface area contributed by atoms with Crippen molar-refractivity contribution < 1.29 is 33.4 Å². The molecule has 0 unspecified atom stereocenters. The van der Waals surface area contributed by atoms with Gasteiger partial charge in [-0.1, -0.05) is 0 Å². The maximum Gasteiger partial charge on any atom is 0.312 e. The van der Waals surface area contributed by atoms with Gasteiger partial charge in [-0.15, -0.1) is 0 Å². The number of ether oxygens (including phenoxy) is 3. The molecule has 1 aliphatic rings. The number of carbonyl (C=O) groups is 4. The van der Waals surface area contributed by atoms with Crippen LogP contribution >= 0.6 is 0 Å². The number of primary amides is 1. The fourth-order valence-electron chi connectivity index (χ4n) is 3.39. The van der Waals surface area contributed by atoms with E-state index in [1.807, 2.05) is 0 Å². The largest absolute Gasteiger partial charge is 0.497 e. The highest BCUT2D eigenvalue weighted by Crippen LogP contribution is 2.36. The maximum absolute atomic E-state index is 12.6. The molecule has 0 bridgehead atoms. The second kappa shape index (κ2) is 10.0. The lowest BCUT2D eigenvalue weighted by molar-refractivity contribution is -0.157. The van der Waals surface area contributed by atoms with Gasteiger partial charge in [-0.25, -0.2) is 0 Å². The summed E-state index contributed by atoms with van der Waals surface area (Å²) in [6.07, 6.45) is -1.13. The molecule has 174 valence electrons. The van der Waals surface area contributed by atoms with Crippen LogP contribution in [0.1, 0.15) is 23.7 Å². The molecule has 1 aliphatic heterocycles. The van der Waals surface area contributed by atoms with E-state index in [-0.39, 0.29) is 18.9 Å². The van der Waals surface area contributed by atoms with Gasteiger partial charge in [0.1, 0.15) is 11.5 Å². The van der Waals surface area contributed by atoms with E-state index in [0.29, 0.717) is 28.4 Å². The van der Waals surface area contributed by atoms with Gasteiger partial charge in [0.2, 0.25) is 11.8 Å². The van der Waals surface area contributed by atoms with Crippen LogP contribution in [0.5, 0.6) is 11.5 Å². The van der Waals surface area contributed by atoms with E-state index < -0.39 is 29.8 Å². The zero-order valence-electron chi connectivity index (χ0n) is 18.5. The summed E-state index contributed by atoms with van der Waals surface area (Å²) < 4.78 is 15.8. The summed E-state index contributed by atoms with van der Waals surface area (Å²) in [5.41, 5.74) is 6.43. The topological polar surface area (TPSA) is 137 Å². The highest BCUT2D eigenvalue weighted by Gasteiger charge is 2.38. The van der Waals surface area contributed by atoms with Crippen LogP contribution in [-0.2, 0) is 19.1 Å². The van der Waals surface area contributed by atoms with Gasteiger partial charge in [-0.3, -0.25) is 19.2 Å². The second-order valence-electron chi connectivity index (χ2n) is 7.45. The summed E-state index contributed by atoms with van der Waals surface area (Å²) >= 11 is 0. The van der Waals surface area contributed by atoms with Gasteiger partial charge in [-0.2, -0.15) is 0 Å². The van der Waals surface area contributed by atoms with Crippen LogP contribution in [0.2, 0.25) is 0 Å². The predicted octanol–water partition coefficient (Wildman–Crippen LogP) is 1.73. The SMILES string of the molecule is COc1ccc(N2C[C@@H](C(=O)O[C@@H](C)C(=O)Nc3ccc(C(N)=O)cc3)CC2=O)c(OC)c1. The normalized spacial score (nSPS) is 16.2. The predicted molar refractivity (Wildman–Crippen MR) is 119 cm³/mol. The van der Waals surface area contributed by atoms with E-state index in [0.717, 1.165) is 0 Å². The van der Waals surface area contributed by atoms with E-state index in [1.165, 1.54) is 50.3 Å². The second-order valence-corrected chi connectivity index (χ2v) is 7.45. The molecule has 10 heteroatoms. The van der Waals surface area contributed by atoms with Gasteiger partial charge >= 0.3 is 5.97 Å². The molecule has 0 aliphatic carbocycles. The zero-order valence-corrected chi connectivity index (χ0v) is 18.5. The number of hydrogen-bond donors (Lipinski definition) is 2. The van der Waals surface area contributed by atoms with Gasteiger partial charge in [0.25, 0.3) is 5.91 Å². The van der Waals surface area contributed by atoms with Gasteiger partial charge in [0.05, 0.1) is 25.8 Å². The van der Waals surface area contributed by atoms with Crippen molar-refractivity contribution in [3.8, 4) is 11.5 Å². The minimum Gasteiger partial charge on any atom is -0.497 e. The number of carbonyl (C=O) groups excluding carboxylic acids is 4. The van der Waals surface area contributed by atoms with Crippen molar-refractivity contribution in [1.82, 2.24) is 0 Å². The Kier molecular flexibility index (Phi) is 7.17. The number of rotatable bonds is 8. The molecular formula is C23H25N3O7. The average Bonchev–Trinajstić information content (AvgIpc) is 3.20. The van der Waals surface area contributed by atoms with Crippen molar-refractivity contribution in [3.05, 3.63) is 48.0 Å². The highest BCUT2D eigenvalue weighted by atomic mass is 16.5. The third kappa shape index (κ3) is 5.40. The molecule has 0 aromatic heterocycles. The van der Waals surface area contributed by atoms with E-state index in [1.54, 1.807) is 18.2 Å². The van der Waals surface area contributed by atoms with Crippen LogP contribution < -0.4 is 25.4 Å². The Balaban J connectivity index is 1.60. The minimum atomic E-state index is -1.09. The summed E-state index contributed by atoms with van der Waals surface area (Å²) in [5.74, 6) is -1.75. The molecule has 1 fully saturated rings. The van der Waals surface area contributed by atoms with Crippen molar-refractivity contribution in [2.45, 2.75) is 19.4 Å². The standard InChI is InChI=1S/C23H25N3O7/c1-13(22(29)25-16-6-4-14(5-7-16)21(24)28)33-23(30)15-10-20(27)26(12-15)18-9-8-17(31-2)11-19(18)32-3/h4-9,11,13,15H,10,12H2,1-3H3,(H2,24,28)(H,25,29)/t13-,15-/m0/s1. The molecular weight excluding hydrogens is 430 g/mol. The molecule has 10 nitrogen and oxygen atoms in total. The van der Waals surface area contributed by atoms with Crippen molar-refractivity contribution in [1.29, 1.82) is 0 Å². The highest BCUT2D eigenvalue weighted by molar-refractivity contribution is 6.01. The third-order valence-corrected chi connectivity index (χ3v) is 5.24. The first kappa shape index (κ1) is 23.6. The Bertz CT molecular complexity index is 1070. The van der Waals surface area contributed by atoms with Crippen LogP contribution in [0, 0.1) is 5.92 Å². The van der Waals surface area contributed by atoms with Crippen molar-refractivity contribution in [2.75, 3.05) is 31.0 Å². The lowest BCUT2D eigenvalue weighted by Crippen LogP contribution is -2.33. The van der Waals surface area contributed by atoms with Crippen molar-refractivity contribution >= 4 is 35.1 Å². The van der Waals surface area contributed by atoms with E-state index >= 15 is 0 Å². The minimum absolute atomic E-state index is 0.0447. The quantitative estimate of drug-likeness (QED) is 0.578. The fraction of sp³-hybridized carbons (Fsp3) is 0.304. The lowest BCUT2D eigenvalue weighted by Gasteiger charge is -2.20. The summed E-state index contributed by atoms with van der Waals surface area (Å²) in [6, 6.07) is 11.0. The number of nitrogens with one attached hydrogen (secondary N) is 1. The van der Waals surface area contributed by atoms with Crippen LogP contribution in [0.3, 0.4) is 0 Å². The Morgan fingerprint density at radius 1 is 1.09 bits per heavy atom. The zero-order chi connectivity index (χ0) is 24.1. The number of anilines is 2. The van der Waals surface area contributed by atoms with Crippen molar-refractivity contribution in [3.63, 3.8) is 0 Å². The number of benzene rings is 2. The Morgan fingerprint density at radius 3 is 2.39 bits per heavy atom. The Hall–Kier alpha value is -4.08. The average molecular weight is 455 g/mol. The first-order valence-corrected chi connectivity index (χ1v) is 10.2. The van der Waals surface area contributed by atoms with Crippen LogP contribution in [-0.4, -0.2) is 50.6 Å². The number of nitrogens with two attached hydrogens (primary N) is 1. The number of hydrogen-bond acceptors (Lipinski definition) is 7. The van der Waals surface area contributed by atoms with Crippen LogP contribution in [0.25, 0.3) is 0 Å².